The number of nitrogens with two attached hydrogens (primary N) is 1. The lowest BCUT2D eigenvalue weighted by Gasteiger charge is -2.24. The first-order valence-electron chi connectivity index (χ1n) is 12.1. The Bertz CT molecular complexity index is 1360. The molecule has 2 amide bonds. The van der Waals surface area contributed by atoms with Gasteiger partial charge in [-0.2, -0.15) is 0 Å². The van der Waals surface area contributed by atoms with Crippen molar-refractivity contribution in [3.63, 3.8) is 0 Å². The van der Waals surface area contributed by atoms with Crippen molar-refractivity contribution in [3.05, 3.63) is 64.6 Å². The number of aromatic nitrogens is 1. The molecular formula is C27H28ClF2N3O5. The third-order valence-electron chi connectivity index (χ3n) is 6.60. The number of carbonyl (C=O) groups excluding carboxylic acids is 3. The van der Waals surface area contributed by atoms with Gasteiger partial charge in [0, 0.05) is 37.6 Å². The Balaban J connectivity index is 1.52. The van der Waals surface area contributed by atoms with Crippen molar-refractivity contribution in [2.24, 2.45) is 5.73 Å². The van der Waals surface area contributed by atoms with Crippen LogP contribution in [0, 0.1) is 5.82 Å². The average molecular weight is 548 g/mol. The minimum atomic E-state index is -1.36. The molecule has 2 N–H and O–H groups in total. The first kappa shape index (κ1) is 27.5. The Kier molecular flexibility index (Phi) is 8.63. The number of nitrogens with zero attached hydrogens (tertiary/aromatic N) is 2. The second-order valence-corrected chi connectivity index (χ2v) is 9.54. The lowest BCUT2D eigenvalue weighted by molar-refractivity contribution is -0.138. The third kappa shape index (κ3) is 5.97. The number of ketones is 1. The van der Waals surface area contributed by atoms with Crippen LogP contribution in [0.4, 0.5) is 8.78 Å². The minimum Gasteiger partial charge on any atom is -0.491 e. The van der Waals surface area contributed by atoms with Crippen molar-refractivity contribution in [1.29, 1.82) is 0 Å². The zero-order valence-electron chi connectivity index (χ0n) is 20.8. The van der Waals surface area contributed by atoms with Gasteiger partial charge in [-0.25, -0.2) is 8.78 Å². The number of hydrogen-bond donors (Lipinski definition) is 1. The number of likely N-dealkylation sites (tertiary alicyclic amines) is 1. The van der Waals surface area contributed by atoms with Gasteiger partial charge >= 0.3 is 0 Å². The fraction of sp³-hybridized carbons (Fsp3) is 0.370. The molecular weight excluding hydrogens is 520 g/mol. The van der Waals surface area contributed by atoms with Gasteiger partial charge in [0.2, 0.25) is 5.91 Å². The monoisotopic (exact) mass is 547 g/mol. The number of ether oxygens (including phenoxy) is 2. The van der Waals surface area contributed by atoms with Crippen LogP contribution in [0.1, 0.15) is 28.8 Å². The van der Waals surface area contributed by atoms with E-state index >= 15 is 0 Å². The summed E-state index contributed by atoms with van der Waals surface area (Å²) >= 11 is 5.81. The van der Waals surface area contributed by atoms with Crippen LogP contribution in [0.2, 0.25) is 5.02 Å². The zero-order chi connectivity index (χ0) is 27.4. The van der Waals surface area contributed by atoms with Gasteiger partial charge in [0.15, 0.2) is 5.78 Å². The highest BCUT2D eigenvalue weighted by atomic mass is 35.5. The van der Waals surface area contributed by atoms with Crippen LogP contribution in [0.5, 0.6) is 5.75 Å². The molecule has 4 rings (SSSR count). The predicted molar refractivity (Wildman–Crippen MR) is 138 cm³/mol. The van der Waals surface area contributed by atoms with Gasteiger partial charge in [0.05, 0.1) is 35.3 Å². The third-order valence-corrected chi connectivity index (χ3v) is 6.89. The van der Waals surface area contributed by atoms with Crippen LogP contribution in [-0.4, -0.2) is 66.1 Å². The number of carbonyl (C=O) groups is 3. The summed E-state index contributed by atoms with van der Waals surface area (Å²) < 4.78 is 40.8. The summed E-state index contributed by atoms with van der Waals surface area (Å²) in [4.78, 5) is 39.5. The first-order valence-corrected chi connectivity index (χ1v) is 12.5. The quantitative estimate of drug-likeness (QED) is 0.369. The molecule has 0 bridgehead atoms. The molecule has 1 aliphatic rings. The SMILES string of the molecule is COCCOc1ccc2c(C(N)=O)cn(CC(=O)N3C[C@H](F)C[C@H]3C(=O)CCc3cccc(Cl)c3F)c2c1. The summed E-state index contributed by atoms with van der Waals surface area (Å²) in [7, 11) is 1.55. The molecule has 2 atom stereocenters. The van der Waals surface area contributed by atoms with E-state index in [4.69, 9.17) is 26.8 Å². The average Bonchev–Trinajstić information content (AvgIpc) is 3.45. The molecule has 8 nitrogen and oxygen atoms in total. The summed E-state index contributed by atoms with van der Waals surface area (Å²) in [6, 6.07) is 8.60. The number of Topliss-reactive ketones (excluding diaryl/α,β-unsaturated/α-hetero) is 1. The molecule has 1 fully saturated rings. The van der Waals surface area contributed by atoms with Gasteiger partial charge in [0.25, 0.3) is 5.91 Å². The van der Waals surface area contributed by atoms with Crippen LogP contribution < -0.4 is 10.5 Å². The van der Waals surface area contributed by atoms with Crippen molar-refractivity contribution >= 4 is 40.1 Å². The minimum absolute atomic E-state index is 0.0435. The number of primary amides is 1. The van der Waals surface area contributed by atoms with Crippen LogP contribution in [0.25, 0.3) is 10.9 Å². The van der Waals surface area contributed by atoms with Gasteiger partial charge in [-0.15, -0.1) is 0 Å². The molecule has 3 aromatic rings. The zero-order valence-corrected chi connectivity index (χ0v) is 21.5. The first-order chi connectivity index (χ1) is 18.2. The van der Waals surface area contributed by atoms with E-state index in [2.05, 4.69) is 0 Å². The van der Waals surface area contributed by atoms with E-state index in [0.717, 1.165) is 0 Å². The summed E-state index contributed by atoms with van der Waals surface area (Å²) in [5.74, 6) is -1.61. The number of alkyl halides is 1. The lowest BCUT2D eigenvalue weighted by Crippen LogP contribution is -2.42. The Morgan fingerprint density at radius 3 is 2.71 bits per heavy atom. The van der Waals surface area contributed by atoms with Gasteiger partial charge in [-0.05, 0) is 30.2 Å². The number of amides is 2. The smallest absolute Gasteiger partial charge is 0.250 e. The summed E-state index contributed by atoms with van der Waals surface area (Å²) in [6.45, 7) is 0.209. The van der Waals surface area contributed by atoms with Crippen molar-refractivity contribution in [2.75, 3.05) is 26.9 Å². The topological polar surface area (TPSA) is 104 Å². The standard InChI is InChI=1S/C27H28ClF2N3O5/c1-37-9-10-38-18-6-7-19-20(27(31)36)14-32(22(19)12-18)15-25(35)33-13-17(29)11-23(33)24(34)8-5-16-3-2-4-21(28)26(16)30/h2-4,6-7,12,14,17,23H,5,8-11,13,15H2,1H3,(H2,31,36)/t17-,23+/m1/s1. The number of hydrogen-bond acceptors (Lipinski definition) is 5. The molecule has 0 unspecified atom stereocenters. The maximum Gasteiger partial charge on any atom is 0.250 e. The maximum absolute atomic E-state index is 14.4. The molecule has 11 heteroatoms. The Hall–Kier alpha value is -3.50. The van der Waals surface area contributed by atoms with Crippen molar-refractivity contribution in [1.82, 2.24) is 9.47 Å². The lowest BCUT2D eigenvalue weighted by atomic mass is 10.0. The highest BCUT2D eigenvalue weighted by Gasteiger charge is 2.39. The van der Waals surface area contributed by atoms with E-state index in [9.17, 15) is 23.2 Å². The molecule has 0 radical (unpaired) electrons. The number of halogens is 3. The molecule has 0 aliphatic carbocycles. The largest absolute Gasteiger partial charge is 0.491 e. The predicted octanol–water partition coefficient (Wildman–Crippen LogP) is 3.70. The summed E-state index contributed by atoms with van der Waals surface area (Å²) in [6.07, 6.45) is -0.0144. The van der Waals surface area contributed by atoms with Crippen molar-refractivity contribution < 1.29 is 32.6 Å². The second kappa shape index (κ2) is 11.9. The molecule has 0 spiro atoms. The maximum atomic E-state index is 14.4. The number of aryl methyl sites for hydroxylation is 1. The number of benzene rings is 2. The van der Waals surface area contributed by atoms with Gasteiger partial charge < -0.3 is 24.7 Å². The van der Waals surface area contributed by atoms with E-state index in [1.807, 2.05) is 0 Å². The normalized spacial score (nSPS) is 17.2. The van der Waals surface area contributed by atoms with Crippen LogP contribution in [0.3, 0.4) is 0 Å². The van der Waals surface area contributed by atoms with E-state index in [1.165, 1.54) is 27.8 Å². The second-order valence-electron chi connectivity index (χ2n) is 9.13. The molecule has 38 heavy (non-hydrogen) atoms. The Labute approximate surface area is 223 Å². The molecule has 2 aromatic carbocycles. The van der Waals surface area contributed by atoms with Gasteiger partial charge in [-0.3, -0.25) is 14.4 Å². The highest BCUT2D eigenvalue weighted by Crippen LogP contribution is 2.28. The summed E-state index contributed by atoms with van der Waals surface area (Å²) in [5.41, 5.74) is 6.56. The molecule has 0 saturated carbocycles. The Morgan fingerprint density at radius 2 is 1.97 bits per heavy atom. The molecule has 1 aliphatic heterocycles. The number of methoxy groups -OCH3 is 1. The van der Waals surface area contributed by atoms with Crippen LogP contribution >= 0.6 is 11.6 Å². The summed E-state index contributed by atoms with van der Waals surface area (Å²) in [5, 5.41) is 0.489. The fourth-order valence-corrected chi connectivity index (χ4v) is 4.89. The molecule has 202 valence electrons. The van der Waals surface area contributed by atoms with E-state index < -0.39 is 29.8 Å². The van der Waals surface area contributed by atoms with Gasteiger partial charge in [-0.1, -0.05) is 23.7 Å². The number of rotatable bonds is 11. The fourth-order valence-electron chi connectivity index (χ4n) is 4.70. The molecule has 2 heterocycles. The van der Waals surface area contributed by atoms with Crippen LogP contribution in [-0.2, 0) is 27.3 Å². The van der Waals surface area contributed by atoms with Crippen molar-refractivity contribution in [2.45, 2.75) is 38.0 Å². The Morgan fingerprint density at radius 1 is 1.18 bits per heavy atom. The van der Waals surface area contributed by atoms with E-state index in [0.29, 0.717) is 29.9 Å². The van der Waals surface area contributed by atoms with E-state index in [1.54, 1.807) is 31.4 Å². The van der Waals surface area contributed by atoms with Gasteiger partial charge in [0.1, 0.15) is 30.9 Å². The van der Waals surface area contributed by atoms with Crippen molar-refractivity contribution in [3.8, 4) is 5.75 Å². The highest BCUT2D eigenvalue weighted by molar-refractivity contribution is 6.30. The molecule has 1 saturated heterocycles. The molecule has 1 aromatic heterocycles. The van der Waals surface area contributed by atoms with E-state index in [-0.39, 0.29) is 54.3 Å². The van der Waals surface area contributed by atoms with Crippen LogP contribution in [0.15, 0.2) is 42.6 Å². The number of fused-ring (bicyclic) bond motifs is 1.